The number of nitrogens with two attached hydrogens (primary N) is 1. The molecule has 1 aromatic heterocycles. The minimum absolute atomic E-state index is 0.0390. The average Bonchev–Trinajstić information content (AvgIpc) is 2.56. The molecule has 0 bridgehead atoms. The Morgan fingerprint density at radius 3 is 2.22 bits per heavy atom. The molecule has 0 fully saturated rings. The first-order chi connectivity index (χ1) is 8.40. The summed E-state index contributed by atoms with van der Waals surface area (Å²) in [5, 5.41) is 2.20. The molecule has 0 saturated heterocycles. The molecule has 0 aliphatic heterocycles. The maximum Gasteiger partial charge on any atom is 0.180 e. The van der Waals surface area contributed by atoms with E-state index in [-0.39, 0.29) is 5.92 Å². The van der Waals surface area contributed by atoms with Gasteiger partial charge < -0.3 is 5.73 Å². The SMILES string of the molecule is Cc1nc(N)sc1C(C)c1c(Cl)cc(Cl)cc1Cl. The van der Waals surface area contributed by atoms with Crippen molar-refractivity contribution in [2.75, 3.05) is 5.73 Å². The number of rotatable bonds is 2. The van der Waals surface area contributed by atoms with E-state index in [1.165, 1.54) is 11.3 Å². The van der Waals surface area contributed by atoms with E-state index in [1.807, 2.05) is 13.8 Å². The predicted molar refractivity (Wildman–Crippen MR) is 80.3 cm³/mol. The Bertz CT molecular complexity index is 572. The summed E-state index contributed by atoms with van der Waals surface area (Å²) in [5.41, 5.74) is 7.48. The van der Waals surface area contributed by atoms with Gasteiger partial charge >= 0.3 is 0 Å². The van der Waals surface area contributed by atoms with Crippen LogP contribution in [0.1, 0.15) is 29.0 Å². The van der Waals surface area contributed by atoms with Crippen LogP contribution in [0, 0.1) is 6.92 Å². The number of anilines is 1. The monoisotopic (exact) mass is 320 g/mol. The lowest BCUT2D eigenvalue weighted by Gasteiger charge is -2.15. The lowest BCUT2D eigenvalue weighted by atomic mass is 9.98. The zero-order valence-electron chi connectivity index (χ0n) is 9.80. The van der Waals surface area contributed by atoms with Crippen LogP contribution in [0.25, 0.3) is 0 Å². The second kappa shape index (κ2) is 5.25. The average molecular weight is 322 g/mol. The molecule has 0 aliphatic carbocycles. The van der Waals surface area contributed by atoms with Crippen LogP contribution < -0.4 is 5.73 Å². The molecule has 1 aromatic carbocycles. The molecule has 1 unspecified atom stereocenters. The number of thiazole rings is 1. The molecule has 0 radical (unpaired) electrons. The van der Waals surface area contributed by atoms with Crippen LogP contribution in [0.3, 0.4) is 0 Å². The minimum atomic E-state index is 0.0390. The van der Waals surface area contributed by atoms with Crippen molar-refractivity contribution in [3.8, 4) is 0 Å². The molecule has 1 atom stereocenters. The summed E-state index contributed by atoms with van der Waals surface area (Å²) >= 11 is 19.8. The standard InChI is InChI=1S/C12H11Cl3N2S/c1-5(11-6(2)17-12(16)18-11)10-8(14)3-7(13)4-9(10)15/h3-5H,1-2H3,(H2,16,17). The number of hydrogen-bond donors (Lipinski definition) is 1. The molecule has 0 spiro atoms. The first-order valence-electron chi connectivity index (χ1n) is 5.27. The summed E-state index contributed by atoms with van der Waals surface area (Å²) in [5.74, 6) is 0.0390. The second-order valence-electron chi connectivity index (χ2n) is 4.01. The van der Waals surface area contributed by atoms with Gasteiger partial charge in [0.15, 0.2) is 5.13 Å². The number of aromatic nitrogens is 1. The van der Waals surface area contributed by atoms with Crippen LogP contribution in [-0.4, -0.2) is 4.98 Å². The fraction of sp³-hybridized carbons (Fsp3) is 0.250. The Balaban J connectivity index is 2.52. The third-order valence-electron chi connectivity index (χ3n) is 2.72. The molecule has 6 heteroatoms. The predicted octanol–water partition coefficient (Wildman–Crippen LogP) is 5.15. The third-order valence-corrected chi connectivity index (χ3v) is 4.73. The fourth-order valence-corrected chi connectivity index (χ4v) is 3.97. The maximum absolute atomic E-state index is 6.22. The van der Waals surface area contributed by atoms with E-state index in [0.717, 1.165) is 16.1 Å². The number of halogens is 3. The van der Waals surface area contributed by atoms with Gasteiger partial charge in [-0.1, -0.05) is 41.7 Å². The third kappa shape index (κ3) is 2.59. The molecule has 2 nitrogen and oxygen atoms in total. The van der Waals surface area contributed by atoms with Crippen molar-refractivity contribution in [2.24, 2.45) is 0 Å². The minimum Gasteiger partial charge on any atom is -0.375 e. The molecular weight excluding hydrogens is 311 g/mol. The molecular formula is C12H11Cl3N2S. The number of hydrogen-bond acceptors (Lipinski definition) is 3. The number of benzene rings is 1. The lowest BCUT2D eigenvalue weighted by Crippen LogP contribution is -1.98. The van der Waals surface area contributed by atoms with Crippen LogP contribution in [-0.2, 0) is 0 Å². The van der Waals surface area contributed by atoms with Crippen molar-refractivity contribution in [2.45, 2.75) is 19.8 Å². The summed E-state index contributed by atoms with van der Waals surface area (Å²) in [6.07, 6.45) is 0. The van der Waals surface area contributed by atoms with Crippen LogP contribution in [0.2, 0.25) is 15.1 Å². The van der Waals surface area contributed by atoms with Crippen molar-refractivity contribution in [3.63, 3.8) is 0 Å². The van der Waals surface area contributed by atoms with E-state index in [9.17, 15) is 0 Å². The van der Waals surface area contributed by atoms with E-state index in [1.54, 1.807) is 12.1 Å². The Labute approximate surface area is 125 Å². The summed E-state index contributed by atoms with van der Waals surface area (Å²) in [6.45, 7) is 3.96. The largest absolute Gasteiger partial charge is 0.375 e. The van der Waals surface area contributed by atoms with Crippen LogP contribution in [0.4, 0.5) is 5.13 Å². The van der Waals surface area contributed by atoms with Gasteiger partial charge in [0, 0.05) is 25.9 Å². The highest BCUT2D eigenvalue weighted by Crippen LogP contribution is 2.40. The highest BCUT2D eigenvalue weighted by molar-refractivity contribution is 7.15. The molecule has 1 heterocycles. The van der Waals surface area contributed by atoms with Gasteiger partial charge in [-0.15, -0.1) is 11.3 Å². The van der Waals surface area contributed by atoms with Crippen LogP contribution >= 0.6 is 46.1 Å². The topological polar surface area (TPSA) is 38.9 Å². The molecule has 2 rings (SSSR count). The first-order valence-corrected chi connectivity index (χ1v) is 7.22. The van der Waals surface area contributed by atoms with Gasteiger partial charge in [0.2, 0.25) is 0 Å². The first kappa shape index (κ1) is 13.9. The Hall–Kier alpha value is -0.480. The number of nitrogens with zero attached hydrogens (tertiary/aromatic N) is 1. The maximum atomic E-state index is 6.22. The molecule has 2 aromatic rings. The van der Waals surface area contributed by atoms with Gasteiger partial charge in [-0.05, 0) is 24.6 Å². The molecule has 0 aliphatic rings. The smallest absolute Gasteiger partial charge is 0.180 e. The zero-order valence-corrected chi connectivity index (χ0v) is 12.9. The van der Waals surface area contributed by atoms with Crippen molar-refractivity contribution < 1.29 is 0 Å². The normalized spacial score (nSPS) is 12.7. The van der Waals surface area contributed by atoms with Crippen molar-refractivity contribution >= 4 is 51.3 Å². The van der Waals surface area contributed by atoms with Crippen LogP contribution in [0.5, 0.6) is 0 Å². The van der Waals surface area contributed by atoms with E-state index in [0.29, 0.717) is 20.2 Å². The Morgan fingerprint density at radius 2 is 1.78 bits per heavy atom. The zero-order chi connectivity index (χ0) is 13.4. The Morgan fingerprint density at radius 1 is 1.22 bits per heavy atom. The second-order valence-corrected chi connectivity index (χ2v) is 6.32. The number of nitrogen functional groups attached to an aromatic ring is 1. The molecule has 96 valence electrons. The summed E-state index contributed by atoms with van der Waals surface area (Å²) < 4.78 is 0. The number of aryl methyl sites for hydroxylation is 1. The van der Waals surface area contributed by atoms with Crippen LogP contribution in [0.15, 0.2) is 12.1 Å². The summed E-state index contributed by atoms with van der Waals surface area (Å²) in [7, 11) is 0. The molecule has 18 heavy (non-hydrogen) atoms. The fourth-order valence-electron chi connectivity index (χ4n) is 1.93. The van der Waals surface area contributed by atoms with E-state index < -0.39 is 0 Å². The van der Waals surface area contributed by atoms with E-state index >= 15 is 0 Å². The van der Waals surface area contributed by atoms with Gasteiger partial charge in [-0.3, -0.25) is 0 Å². The summed E-state index contributed by atoms with van der Waals surface area (Å²) in [4.78, 5) is 5.29. The van der Waals surface area contributed by atoms with Gasteiger partial charge in [-0.2, -0.15) is 0 Å². The van der Waals surface area contributed by atoms with Gasteiger partial charge in [-0.25, -0.2) is 4.98 Å². The quantitative estimate of drug-likeness (QED) is 0.831. The van der Waals surface area contributed by atoms with E-state index in [2.05, 4.69) is 4.98 Å². The van der Waals surface area contributed by atoms with Gasteiger partial charge in [0.05, 0.1) is 5.69 Å². The van der Waals surface area contributed by atoms with Crippen molar-refractivity contribution in [1.29, 1.82) is 0 Å². The Kier molecular flexibility index (Phi) is 4.07. The van der Waals surface area contributed by atoms with Gasteiger partial charge in [0.25, 0.3) is 0 Å². The molecule has 0 amide bonds. The van der Waals surface area contributed by atoms with Gasteiger partial charge in [0.1, 0.15) is 0 Å². The van der Waals surface area contributed by atoms with Crippen molar-refractivity contribution in [3.05, 3.63) is 43.3 Å². The highest BCUT2D eigenvalue weighted by atomic mass is 35.5. The van der Waals surface area contributed by atoms with Crippen molar-refractivity contribution in [1.82, 2.24) is 4.98 Å². The van der Waals surface area contributed by atoms with E-state index in [4.69, 9.17) is 40.5 Å². The molecule has 0 saturated carbocycles. The lowest BCUT2D eigenvalue weighted by molar-refractivity contribution is 0.927. The summed E-state index contributed by atoms with van der Waals surface area (Å²) in [6, 6.07) is 3.39. The molecule has 2 N–H and O–H groups in total. The highest BCUT2D eigenvalue weighted by Gasteiger charge is 2.20.